The summed E-state index contributed by atoms with van der Waals surface area (Å²) in [5, 5.41) is 70.5. The van der Waals surface area contributed by atoms with E-state index in [0.717, 1.165) is 6.92 Å². The molecule has 0 bridgehead atoms. The monoisotopic (exact) mass is 383 g/mol. The third-order valence-corrected chi connectivity index (χ3v) is 4.38. The average molecular weight is 383 g/mol. The molecule has 1 unspecified atom stereocenters. The van der Waals surface area contributed by atoms with Crippen LogP contribution in [0.15, 0.2) is 0 Å². The van der Waals surface area contributed by atoms with Crippen LogP contribution < -0.4 is 5.32 Å². The summed E-state index contributed by atoms with van der Waals surface area (Å²) in [6, 6.07) is -1.28. The number of aliphatic hydroxyl groups is 7. The molecule has 0 aliphatic carbocycles. The molecule has 0 saturated carbocycles. The van der Waals surface area contributed by atoms with Gasteiger partial charge in [-0.3, -0.25) is 4.79 Å². The second-order valence-corrected chi connectivity index (χ2v) is 6.26. The van der Waals surface area contributed by atoms with Crippen molar-refractivity contribution in [2.45, 2.75) is 68.3 Å². The number of hydrogen-bond acceptors (Lipinski definition) is 11. The molecule has 1 amide bonds. The van der Waals surface area contributed by atoms with E-state index in [1.54, 1.807) is 0 Å². The van der Waals surface area contributed by atoms with E-state index in [1.807, 2.05) is 0 Å². The van der Waals surface area contributed by atoms with Crippen molar-refractivity contribution in [3.8, 4) is 0 Å². The minimum atomic E-state index is -1.75. The third-order valence-electron chi connectivity index (χ3n) is 4.38. The number of aliphatic hydroxyl groups excluding tert-OH is 7. The Labute approximate surface area is 148 Å². The van der Waals surface area contributed by atoms with Gasteiger partial charge in [0.15, 0.2) is 12.6 Å². The predicted octanol–water partition coefficient (Wildman–Crippen LogP) is -5.25. The van der Waals surface area contributed by atoms with E-state index in [9.17, 15) is 40.5 Å². The third kappa shape index (κ3) is 4.31. The van der Waals surface area contributed by atoms with Crippen LogP contribution in [0, 0.1) is 0 Å². The van der Waals surface area contributed by atoms with Crippen molar-refractivity contribution in [3.63, 3.8) is 0 Å². The molecule has 0 spiro atoms. The summed E-state index contributed by atoms with van der Waals surface area (Å²) >= 11 is 0. The Balaban J connectivity index is 2.22. The lowest BCUT2D eigenvalue weighted by Crippen LogP contribution is -2.67. The zero-order valence-corrected chi connectivity index (χ0v) is 14.0. The van der Waals surface area contributed by atoms with Crippen molar-refractivity contribution in [1.29, 1.82) is 0 Å². The zero-order valence-electron chi connectivity index (χ0n) is 14.0. The van der Waals surface area contributed by atoms with Crippen LogP contribution in [0.25, 0.3) is 0 Å². The number of carbonyl (C=O) groups excluding carboxylic acids is 1. The van der Waals surface area contributed by atoms with E-state index in [1.165, 1.54) is 0 Å². The van der Waals surface area contributed by atoms with Crippen molar-refractivity contribution in [1.82, 2.24) is 5.32 Å². The van der Waals surface area contributed by atoms with Crippen molar-refractivity contribution in [3.05, 3.63) is 0 Å². The van der Waals surface area contributed by atoms with Crippen molar-refractivity contribution in [2.24, 2.45) is 0 Å². The highest BCUT2D eigenvalue weighted by Crippen LogP contribution is 2.28. The smallest absolute Gasteiger partial charge is 0.217 e. The summed E-state index contributed by atoms with van der Waals surface area (Å²) < 4.78 is 15.8. The normalized spacial score (nSPS) is 46.8. The van der Waals surface area contributed by atoms with Crippen LogP contribution in [0.5, 0.6) is 0 Å². The van der Waals surface area contributed by atoms with Crippen LogP contribution >= 0.6 is 0 Å². The minimum Gasteiger partial charge on any atom is -0.394 e. The molecule has 10 atom stereocenters. The van der Waals surface area contributed by atoms with Gasteiger partial charge in [0.05, 0.1) is 13.2 Å². The van der Waals surface area contributed by atoms with E-state index in [4.69, 9.17) is 14.2 Å². The molecule has 0 radical (unpaired) electrons. The van der Waals surface area contributed by atoms with Gasteiger partial charge in [0.2, 0.25) is 5.91 Å². The molecule has 2 aliphatic heterocycles. The number of carbonyl (C=O) groups is 1. The summed E-state index contributed by atoms with van der Waals surface area (Å²) in [6.45, 7) is -0.194. The molecule has 2 rings (SSSR count). The molecule has 8 N–H and O–H groups in total. The summed E-state index contributed by atoms with van der Waals surface area (Å²) in [4.78, 5) is 11.4. The van der Waals surface area contributed by atoms with Crippen LogP contribution in [-0.4, -0.2) is 116 Å². The first-order chi connectivity index (χ1) is 12.2. The van der Waals surface area contributed by atoms with Gasteiger partial charge in [-0.1, -0.05) is 0 Å². The van der Waals surface area contributed by atoms with Gasteiger partial charge in [0.25, 0.3) is 0 Å². The number of ether oxygens (including phenoxy) is 3. The van der Waals surface area contributed by atoms with Gasteiger partial charge in [0.1, 0.15) is 48.8 Å². The summed E-state index contributed by atoms with van der Waals surface area (Å²) in [5.74, 6) is -0.574. The van der Waals surface area contributed by atoms with E-state index in [0.29, 0.717) is 0 Å². The van der Waals surface area contributed by atoms with Crippen LogP contribution in [0.4, 0.5) is 0 Å². The summed E-state index contributed by atoms with van der Waals surface area (Å²) in [6.07, 6.45) is -13.6. The standard InChI is InChI=1S/C14H25NO11/c1-4(18)15-7-9(20)8(19)5(2-16)25-14(7)26-12-6(3-17)24-13(23)11(22)10(12)21/h5-14,16-17,19-23H,2-3H2,1H3,(H,15,18)/t5-,6-,7+,8+,9-,10-,11-,12-,13?,14+/m1/s1. The molecule has 2 aliphatic rings. The molecular weight excluding hydrogens is 358 g/mol. The Morgan fingerprint density at radius 1 is 0.923 bits per heavy atom. The first kappa shape index (κ1) is 21.4. The first-order valence-corrected chi connectivity index (χ1v) is 8.06. The van der Waals surface area contributed by atoms with Crippen LogP contribution in [0.2, 0.25) is 0 Å². The fourth-order valence-corrected chi connectivity index (χ4v) is 2.98. The van der Waals surface area contributed by atoms with Crippen molar-refractivity contribution in [2.75, 3.05) is 13.2 Å². The maximum Gasteiger partial charge on any atom is 0.217 e. The van der Waals surface area contributed by atoms with Gasteiger partial charge in [-0.05, 0) is 0 Å². The Morgan fingerprint density at radius 2 is 1.54 bits per heavy atom. The highest BCUT2D eigenvalue weighted by molar-refractivity contribution is 5.73. The van der Waals surface area contributed by atoms with Crippen molar-refractivity contribution >= 4 is 5.91 Å². The summed E-state index contributed by atoms with van der Waals surface area (Å²) in [5.41, 5.74) is 0. The lowest BCUT2D eigenvalue weighted by Gasteiger charge is -2.46. The molecule has 152 valence electrons. The maximum atomic E-state index is 11.4. The van der Waals surface area contributed by atoms with Gasteiger partial charge in [-0.15, -0.1) is 0 Å². The fraction of sp³-hybridized carbons (Fsp3) is 0.929. The molecule has 12 heteroatoms. The minimum absolute atomic E-state index is 0.574. The molecule has 26 heavy (non-hydrogen) atoms. The number of hydrogen-bond donors (Lipinski definition) is 8. The maximum absolute atomic E-state index is 11.4. The van der Waals surface area contributed by atoms with Crippen molar-refractivity contribution < 1.29 is 54.8 Å². The van der Waals surface area contributed by atoms with Crippen LogP contribution in [0.1, 0.15) is 6.92 Å². The molecule has 2 saturated heterocycles. The first-order valence-electron chi connectivity index (χ1n) is 8.06. The molecule has 2 fully saturated rings. The molecular formula is C14H25NO11. The van der Waals surface area contributed by atoms with Crippen LogP contribution in [-0.2, 0) is 19.0 Å². The average Bonchev–Trinajstić information content (AvgIpc) is 2.60. The molecule has 0 aromatic carbocycles. The fourth-order valence-electron chi connectivity index (χ4n) is 2.98. The number of rotatable bonds is 5. The lowest BCUT2D eigenvalue weighted by molar-refractivity contribution is -0.341. The van der Waals surface area contributed by atoms with Gasteiger partial charge in [-0.25, -0.2) is 0 Å². The lowest BCUT2D eigenvalue weighted by atomic mass is 9.95. The van der Waals surface area contributed by atoms with Gasteiger partial charge in [0, 0.05) is 6.92 Å². The number of amides is 1. The Bertz CT molecular complexity index is 478. The molecule has 0 aromatic heterocycles. The van der Waals surface area contributed by atoms with Gasteiger partial charge in [-0.2, -0.15) is 0 Å². The highest BCUT2D eigenvalue weighted by atomic mass is 16.7. The largest absolute Gasteiger partial charge is 0.394 e. The second kappa shape index (κ2) is 8.84. The van der Waals surface area contributed by atoms with E-state index in [-0.39, 0.29) is 0 Å². The van der Waals surface area contributed by atoms with E-state index < -0.39 is 80.5 Å². The Hall–Kier alpha value is -0.930. The predicted molar refractivity (Wildman–Crippen MR) is 80.2 cm³/mol. The van der Waals surface area contributed by atoms with Gasteiger partial charge < -0.3 is 55.3 Å². The molecule has 2 heterocycles. The Kier molecular flexibility index (Phi) is 7.27. The molecule has 12 nitrogen and oxygen atoms in total. The quantitative estimate of drug-likeness (QED) is 0.226. The topological polar surface area (TPSA) is 198 Å². The highest BCUT2D eigenvalue weighted by Gasteiger charge is 2.50. The Morgan fingerprint density at radius 3 is 2.08 bits per heavy atom. The van der Waals surface area contributed by atoms with Crippen LogP contribution in [0.3, 0.4) is 0 Å². The van der Waals surface area contributed by atoms with Gasteiger partial charge >= 0.3 is 0 Å². The van der Waals surface area contributed by atoms with E-state index in [2.05, 4.69) is 5.32 Å². The summed E-state index contributed by atoms with van der Waals surface area (Å²) in [7, 11) is 0. The SMILES string of the molecule is CC(=O)N[C@@H]1[C@H](O[C@H]2[C@H](O)[C@@H](O)C(O)O[C@@H]2CO)O[C@H](CO)[C@H](O)[C@@H]1O. The second-order valence-electron chi connectivity index (χ2n) is 6.26. The molecule has 0 aromatic rings. The zero-order chi connectivity index (χ0) is 19.6. The number of nitrogens with one attached hydrogen (secondary N) is 1. The van der Waals surface area contributed by atoms with E-state index >= 15 is 0 Å².